The molecule has 0 radical (unpaired) electrons. The predicted molar refractivity (Wildman–Crippen MR) is 164 cm³/mol. The van der Waals surface area contributed by atoms with E-state index >= 15 is 0 Å². The lowest BCUT2D eigenvalue weighted by Crippen LogP contribution is -2.40. The van der Waals surface area contributed by atoms with Crippen LogP contribution >= 0.6 is 11.3 Å². The van der Waals surface area contributed by atoms with Crippen LogP contribution in [0.25, 0.3) is 11.8 Å². The van der Waals surface area contributed by atoms with E-state index in [1.165, 1.54) is 29.1 Å². The Hall–Kier alpha value is -4.83. The van der Waals surface area contributed by atoms with Crippen molar-refractivity contribution < 1.29 is 28.8 Å². The number of hydrogen-bond acceptors (Lipinski definition) is 9. The van der Waals surface area contributed by atoms with Gasteiger partial charge in [0, 0.05) is 11.1 Å². The van der Waals surface area contributed by atoms with Crippen LogP contribution in [0.4, 0.5) is 0 Å². The van der Waals surface area contributed by atoms with Gasteiger partial charge in [0.25, 0.3) is 5.56 Å². The fourth-order valence-electron chi connectivity index (χ4n) is 4.94. The van der Waals surface area contributed by atoms with Crippen molar-refractivity contribution in [2.75, 3.05) is 27.4 Å². The van der Waals surface area contributed by atoms with Crippen molar-refractivity contribution in [3.05, 3.63) is 109 Å². The van der Waals surface area contributed by atoms with Gasteiger partial charge in [0.05, 0.1) is 43.2 Å². The Bertz CT molecular complexity index is 1860. The maximum atomic E-state index is 14.2. The molecule has 5 rings (SSSR count). The Balaban J connectivity index is 1.86. The van der Waals surface area contributed by atoms with Crippen LogP contribution in [0.1, 0.15) is 43.0 Å². The zero-order chi connectivity index (χ0) is 30.5. The molecule has 0 bridgehead atoms. The number of methoxy groups -OCH3 is 2. The SMILES string of the molecule is CCCOc1c(OC)cccc1C1C(C(=O)OCC)=C(c2ccccc2)N=c2sc(=Cc3ccc(O)c(OC)c3)c(=O)n21. The average Bonchev–Trinajstić information content (AvgIpc) is 3.34. The van der Waals surface area contributed by atoms with Gasteiger partial charge in [-0.2, -0.15) is 0 Å². The lowest BCUT2D eigenvalue weighted by molar-refractivity contribution is -0.138. The summed E-state index contributed by atoms with van der Waals surface area (Å²) < 4.78 is 24.6. The van der Waals surface area contributed by atoms with Gasteiger partial charge in [-0.1, -0.05) is 66.8 Å². The molecular weight excluding hydrogens is 568 g/mol. The Morgan fingerprint density at radius 2 is 1.79 bits per heavy atom. The number of nitrogens with zero attached hydrogens (tertiary/aromatic N) is 2. The topological polar surface area (TPSA) is 109 Å². The first-order chi connectivity index (χ1) is 20.9. The highest BCUT2D eigenvalue weighted by Crippen LogP contribution is 2.42. The van der Waals surface area contributed by atoms with E-state index in [9.17, 15) is 14.7 Å². The summed E-state index contributed by atoms with van der Waals surface area (Å²) in [7, 11) is 3.01. The standard InChI is InChI=1S/C33H32N2O7S/c1-5-17-42-30-22(13-10-14-24(30)39-3)29-27(32(38)41-6-2)28(21-11-8-7-9-12-21)34-33-35(29)31(37)26(43-33)19-20-15-16-23(36)25(18-20)40-4/h7-16,18-19,29,36H,5-6,17H2,1-4H3. The fourth-order valence-corrected chi connectivity index (χ4v) is 5.94. The smallest absolute Gasteiger partial charge is 0.338 e. The number of aromatic nitrogens is 1. The number of carbonyl (C=O) groups is 1. The quantitative estimate of drug-likeness (QED) is 0.268. The number of aromatic hydroxyl groups is 1. The number of hydrogen-bond donors (Lipinski definition) is 1. The van der Waals surface area contributed by atoms with E-state index < -0.39 is 12.0 Å². The van der Waals surface area contributed by atoms with E-state index in [0.717, 1.165) is 6.42 Å². The monoisotopic (exact) mass is 600 g/mol. The van der Waals surface area contributed by atoms with E-state index in [2.05, 4.69) is 0 Å². The molecule has 1 atom stereocenters. The summed E-state index contributed by atoms with van der Waals surface area (Å²) in [6, 6.07) is 18.7. The molecule has 1 unspecified atom stereocenters. The molecule has 0 saturated heterocycles. The first-order valence-electron chi connectivity index (χ1n) is 13.9. The van der Waals surface area contributed by atoms with Gasteiger partial charge >= 0.3 is 5.97 Å². The molecule has 4 aromatic rings. The van der Waals surface area contributed by atoms with Crippen LogP contribution in [0.3, 0.4) is 0 Å². The Morgan fingerprint density at radius 3 is 2.49 bits per heavy atom. The second-order valence-electron chi connectivity index (χ2n) is 9.59. The lowest BCUT2D eigenvalue weighted by Gasteiger charge is -2.27. The number of phenols is 1. The Morgan fingerprint density at radius 1 is 1.02 bits per heavy atom. The van der Waals surface area contributed by atoms with Crippen molar-refractivity contribution in [3.63, 3.8) is 0 Å². The molecule has 0 spiro atoms. The molecule has 0 saturated carbocycles. The number of ether oxygens (including phenoxy) is 4. The number of esters is 1. The first kappa shape index (κ1) is 29.7. The summed E-state index contributed by atoms with van der Waals surface area (Å²) in [4.78, 5) is 33.3. The molecule has 0 aliphatic carbocycles. The first-order valence-corrected chi connectivity index (χ1v) is 14.7. The Kier molecular flexibility index (Phi) is 8.96. The number of fused-ring (bicyclic) bond motifs is 1. The predicted octanol–water partition coefficient (Wildman–Crippen LogP) is 4.45. The van der Waals surface area contributed by atoms with Gasteiger partial charge in [-0.3, -0.25) is 9.36 Å². The number of rotatable bonds is 10. The molecule has 222 valence electrons. The van der Waals surface area contributed by atoms with E-state index in [0.29, 0.717) is 49.8 Å². The molecule has 2 heterocycles. The van der Waals surface area contributed by atoms with Crippen LogP contribution in [0.15, 0.2) is 82.1 Å². The second-order valence-corrected chi connectivity index (χ2v) is 10.6. The van der Waals surface area contributed by atoms with Gasteiger partial charge in [-0.25, -0.2) is 9.79 Å². The number of carbonyl (C=O) groups excluding carboxylic acids is 1. The highest BCUT2D eigenvalue weighted by molar-refractivity contribution is 7.07. The summed E-state index contributed by atoms with van der Waals surface area (Å²) in [6.07, 6.45) is 2.45. The number of phenolic OH excluding ortho intramolecular Hbond substituents is 1. The zero-order valence-corrected chi connectivity index (χ0v) is 25.1. The van der Waals surface area contributed by atoms with E-state index in [1.54, 1.807) is 44.4 Å². The fraction of sp³-hybridized carbons (Fsp3) is 0.242. The minimum absolute atomic E-state index is 0.00896. The van der Waals surface area contributed by atoms with Gasteiger partial charge in [0.1, 0.15) is 6.04 Å². The van der Waals surface area contributed by atoms with E-state index in [-0.39, 0.29) is 29.2 Å². The summed E-state index contributed by atoms with van der Waals surface area (Å²) in [5.41, 5.74) is 2.20. The normalized spacial score (nSPS) is 14.6. The van der Waals surface area contributed by atoms with Gasteiger partial charge < -0.3 is 24.1 Å². The van der Waals surface area contributed by atoms with Crippen molar-refractivity contribution in [3.8, 4) is 23.0 Å². The third-order valence-corrected chi connectivity index (χ3v) is 7.83. The molecule has 1 aromatic heterocycles. The van der Waals surface area contributed by atoms with Gasteiger partial charge in [-0.15, -0.1) is 0 Å². The molecule has 1 aliphatic heterocycles. The third kappa shape index (κ3) is 5.78. The number of benzene rings is 3. The summed E-state index contributed by atoms with van der Waals surface area (Å²) in [5, 5.41) is 10.1. The minimum Gasteiger partial charge on any atom is -0.504 e. The van der Waals surface area contributed by atoms with Crippen LogP contribution in [-0.4, -0.2) is 43.1 Å². The average molecular weight is 601 g/mol. The Labute approximate surface area is 252 Å². The number of thiazole rings is 1. The molecule has 3 aromatic carbocycles. The largest absolute Gasteiger partial charge is 0.504 e. The molecule has 0 fully saturated rings. The highest BCUT2D eigenvalue weighted by Gasteiger charge is 2.37. The van der Waals surface area contributed by atoms with Crippen molar-refractivity contribution in [1.82, 2.24) is 4.57 Å². The molecule has 9 nitrogen and oxygen atoms in total. The van der Waals surface area contributed by atoms with Crippen molar-refractivity contribution in [2.24, 2.45) is 4.99 Å². The van der Waals surface area contributed by atoms with Crippen LogP contribution in [0, 0.1) is 0 Å². The van der Waals surface area contributed by atoms with Gasteiger partial charge in [0.15, 0.2) is 27.8 Å². The van der Waals surface area contributed by atoms with E-state index in [1.807, 2.05) is 43.3 Å². The van der Waals surface area contributed by atoms with Crippen molar-refractivity contribution in [1.29, 1.82) is 0 Å². The van der Waals surface area contributed by atoms with Crippen LogP contribution in [0.5, 0.6) is 23.0 Å². The van der Waals surface area contributed by atoms with Crippen LogP contribution in [-0.2, 0) is 9.53 Å². The third-order valence-electron chi connectivity index (χ3n) is 6.85. The molecular formula is C33H32N2O7S. The lowest BCUT2D eigenvalue weighted by atomic mass is 9.92. The molecule has 1 N–H and O–H groups in total. The molecule has 1 aliphatic rings. The molecule has 43 heavy (non-hydrogen) atoms. The van der Waals surface area contributed by atoms with E-state index in [4.69, 9.17) is 23.9 Å². The maximum absolute atomic E-state index is 14.2. The van der Waals surface area contributed by atoms with Crippen molar-refractivity contribution in [2.45, 2.75) is 26.3 Å². The highest BCUT2D eigenvalue weighted by atomic mass is 32.1. The molecule has 10 heteroatoms. The number of para-hydroxylation sites is 1. The van der Waals surface area contributed by atoms with Gasteiger partial charge in [-0.05, 0) is 43.2 Å². The molecule has 0 amide bonds. The van der Waals surface area contributed by atoms with Gasteiger partial charge in [0.2, 0.25) is 0 Å². The van der Waals surface area contributed by atoms with Crippen molar-refractivity contribution >= 4 is 29.1 Å². The second kappa shape index (κ2) is 13.0. The maximum Gasteiger partial charge on any atom is 0.338 e. The van der Waals surface area contributed by atoms with Crippen LogP contribution < -0.4 is 29.1 Å². The summed E-state index contributed by atoms with van der Waals surface area (Å²) >= 11 is 1.20. The summed E-state index contributed by atoms with van der Waals surface area (Å²) in [5.74, 6) is 0.600. The minimum atomic E-state index is -0.927. The van der Waals surface area contributed by atoms with Crippen LogP contribution in [0.2, 0.25) is 0 Å². The zero-order valence-electron chi connectivity index (χ0n) is 24.3. The summed E-state index contributed by atoms with van der Waals surface area (Å²) in [6.45, 7) is 4.27.